The van der Waals surface area contributed by atoms with Gasteiger partial charge in [0.1, 0.15) is 11.2 Å². The van der Waals surface area contributed by atoms with Crippen molar-refractivity contribution in [2.75, 3.05) is 35.8 Å². The summed E-state index contributed by atoms with van der Waals surface area (Å²) in [6, 6.07) is 4.86. The summed E-state index contributed by atoms with van der Waals surface area (Å²) in [6.45, 7) is 2.66. The van der Waals surface area contributed by atoms with Gasteiger partial charge < -0.3 is 10.2 Å². The summed E-state index contributed by atoms with van der Waals surface area (Å²) in [4.78, 5) is 1.85. The molecule has 0 bridgehead atoms. The molecule has 21 heavy (non-hydrogen) atoms. The number of nitrogens with zero attached hydrogens (tertiary/aromatic N) is 1. The molecule has 1 atom stereocenters. The molecule has 1 aliphatic rings. The average Bonchev–Trinajstić information content (AvgIpc) is 2.49. The van der Waals surface area contributed by atoms with Crippen LogP contribution in [0.15, 0.2) is 18.2 Å². The van der Waals surface area contributed by atoms with E-state index in [0.29, 0.717) is 30.1 Å². The normalized spacial score (nSPS) is 19.8. The second-order valence-corrected chi connectivity index (χ2v) is 8.54. The monoisotopic (exact) mass is 332 g/mol. The minimum absolute atomic E-state index is 0.103. The summed E-state index contributed by atoms with van der Waals surface area (Å²) in [5.74, 6) is 1.19. The van der Waals surface area contributed by atoms with Crippen molar-refractivity contribution in [3.05, 3.63) is 29.6 Å². The number of hydrogen-bond donors (Lipinski definition) is 1. The molecule has 7 heteroatoms. The van der Waals surface area contributed by atoms with Crippen molar-refractivity contribution in [1.29, 1.82) is 0 Å². The molecule has 1 aromatic rings. The molecular formula is C14H21FN2O2S2. The highest BCUT2D eigenvalue weighted by molar-refractivity contribution is 8.01. The lowest BCUT2D eigenvalue weighted by atomic mass is 10.1. The van der Waals surface area contributed by atoms with Crippen molar-refractivity contribution >= 4 is 27.3 Å². The van der Waals surface area contributed by atoms with Gasteiger partial charge in [0.05, 0.1) is 0 Å². The molecular weight excluding hydrogens is 311 g/mol. The van der Waals surface area contributed by atoms with Crippen LogP contribution in [0.3, 0.4) is 0 Å². The fraction of sp³-hybridized carbons (Fsp3) is 0.571. The Balaban J connectivity index is 2.45. The summed E-state index contributed by atoms with van der Waals surface area (Å²) < 4.78 is 38.7. The lowest BCUT2D eigenvalue weighted by Crippen LogP contribution is -2.48. The van der Waals surface area contributed by atoms with E-state index in [4.69, 9.17) is 0 Å². The van der Waals surface area contributed by atoms with E-state index in [1.54, 1.807) is 31.8 Å². The van der Waals surface area contributed by atoms with E-state index in [1.165, 1.54) is 6.07 Å². The smallest absolute Gasteiger partial charge is 0.171 e. The van der Waals surface area contributed by atoms with Gasteiger partial charge >= 0.3 is 0 Å². The number of thioether (sulfide) groups is 1. The SMILES string of the molecule is CCS(=O)(=O)C1CSCCN1c1cccc(F)c1CNC. The van der Waals surface area contributed by atoms with E-state index < -0.39 is 15.2 Å². The van der Waals surface area contributed by atoms with Crippen LogP contribution in [0.1, 0.15) is 12.5 Å². The fourth-order valence-corrected chi connectivity index (χ4v) is 5.50. The van der Waals surface area contributed by atoms with Gasteiger partial charge in [-0.3, -0.25) is 0 Å². The quantitative estimate of drug-likeness (QED) is 0.892. The topological polar surface area (TPSA) is 49.4 Å². The van der Waals surface area contributed by atoms with Crippen LogP contribution in [0.5, 0.6) is 0 Å². The van der Waals surface area contributed by atoms with Gasteiger partial charge in [0.15, 0.2) is 9.84 Å². The van der Waals surface area contributed by atoms with E-state index in [1.807, 2.05) is 11.0 Å². The van der Waals surface area contributed by atoms with Crippen LogP contribution in [-0.4, -0.2) is 44.6 Å². The van der Waals surface area contributed by atoms with E-state index >= 15 is 0 Å². The fourth-order valence-electron chi connectivity index (χ4n) is 2.51. The molecule has 1 unspecified atom stereocenters. The summed E-state index contributed by atoms with van der Waals surface area (Å²) in [5, 5.41) is 2.38. The van der Waals surface area contributed by atoms with Crippen LogP contribution in [0.25, 0.3) is 0 Å². The molecule has 2 rings (SSSR count). The van der Waals surface area contributed by atoms with Crippen LogP contribution < -0.4 is 10.2 Å². The maximum atomic E-state index is 14.1. The first kappa shape index (κ1) is 16.6. The molecule has 1 fully saturated rings. The zero-order valence-electron chi connectivity index (χ0n) is 12.3. The second kappa shape index (κ2) is 6.98. The predicted molar refractivity (Wildman–Crippen MR) is 87.1 cm³/mol. The lowest BCUT2D eigenvalue weighted by Gasteiger charge is -2.37. The van der Waals surface area contributed by atoms with Crippen molar-refractivity contribution in [2.24, 2.45) is 0 Å². The Kier molecular flexibility index (Phi) is 5.51. The number of sulfone groups is 1. The zero-order chi connectivity index (χ0) is 15.5. The van der Waals surface area contributed by atoms with Crippen molar-refractivity contribution in [2.45, 2.75) is 18.8 Å². The van der Waals surface area contributed by atoms with Gasteiger partial charge in [0.2, 0.25) is 0 Å². The number of nitrogens with one attached hydrogen (secondary N) is 1. The van der Waals surface area contributed by atoms with Crippen LogP contribution in [0.4, 0.5) is 10.1 Å². The van der Waals surface area contributed by atoms with Gasteiger partial charge in [-0.1, -0.05) is 13.0 Å². The van der Waals surface area contributed by atoms with Gasteiger partial charge in [0, 0.05) is 41.6 Å². The number of benzene rings is 1. The third kappa shape index (κ3) is 3.52. The lowest BCUT2D eigenvalue weighted by molar-refractivity contribution is 0.575. The van der Waals surface area contributed by atoms with E-state index in [9.17, 15) is 12.8 Å². The van der Waals surface area contributed by atoms with Gasteiger partial charge in [-0.05, 0) is 19.2 Å². The first-order valence-corrected chi connectivity index (χ1v) is 9.86. The maximum absolute atomic E-state index is 14.1. The predicted octanol–water partition coefficient (Wildman–Crippen LogP) is 1.86. The first-order valence-electron chi connectivity index (χ1n) is 6.99. The standard InChI is InChI=1S/C14H21FN2O2S2/c1-3-21(18,19)14-10-20-8-7-17(14)13-6-4-5-12(15)11(13)9-16-2/h4-6,14,16H,3,7-10H2,1-2H3. The Morgan fingerprint density at radius 2 is 2.24 bits per heavy atom. The van der Waals surface area contributed by atoms with Crippen LogP contribution in [-0.2, 0) is 16.4 Å². The van der Waals surface area contributed by atoms with E-state index in [0.717, 1.165) is 5.75 Å². The molecule has 0 amide bonds. The summed E-state index contributed by atoms with van der Waals surface area (Å²) in [7, 11) is -1.45. The molecule has 1 saturated heterocycles. The molecule has 0 radical (unpaired) electrons. The van der Waals surface area contributed by atoms with Crippen molar-refractivity contribution in [3.8, 4) is 0 Å². The van der Waals surface area contributed by atoms with Gasteiger partial charge in [0.25, 0.3) is 0 Å². The summed E-state index contributed by atoms with van der Waals surface area (Å²) >= 11 is 1.64. The van der Waals surface area contributed by atoms with E-state index in [2.05, 4.69) is 5.32 Å². The third-order valence-electron chi connectivity index (χ3n) is 3.66. The Labute approximate surface area is 130 Å². The molecule has 0 aliphatic carbocycles. The molecule has 1 heterocycles. The largest absolute Gasteiger partial charge is 0.353 e. The van der Waals surface area contributed by atoms with Gasteiger partial charge in [-0.15, -0.1) is 0 Å². The van der Waals surface area contributed by atoms with Gasteiger partial charge in [-0.2, -0.15) is 11.8 Å². The molecule has 0 spiro atoms. The van der Waals surface area contributed by atoms with Gasteiger partial charge in [-0.25, -0.2) is 12.8 Å². The van der Waals surface area contributed by atoms with E-state index in [-0.39, 0.29) is 11.6 Å². The molecule has 1 aromatic carbocycles. The van der Waals surface area contributed by atoms with Crippen molar-refractivity contribution in [3.63, 3.8) is 0 Å². The second-order valence-electron chi connectivity index (χ2n) is 4.94. The number of hydrogen-bond acceptors (Lipinski definition) is 5. The molecule has 1 aliphatic heterocycles. The minimum atomic E-state index is -3.20. The third-order valence-corrected chi connectivity index (χ3v) is 6.95. The molecule has 4 nitrogen and oxygen atoms in total. The Hall–Kier alpha value is -0.790. The summed E-state index contributed by atoms with van der Waals surface area (Å²) in [5.41, 5.74) is 1.22. The highest BCUT2D eigenvalue weighted by atomic mass is 32.2. The molecule has 0 aromatic heterocycles. The van der Waals surface area contributed by atoms with Crippen molar-refractivity contribution < 1.29 is 12.8 Å². The molecule has 1 N–H and O–H groups in total. The average molecular weight is 332 g/mol. The minimum Gasteiger partial charge on any atom is -0.353 e. The highest BCUT2D eigenvalue weighted by Crippen LogP contribution is 2.31. The molecule has 0 saturated carbocycles. The van der Waals surface area contributed by atoms with Crippen molar-refractivity contribution in [1.82, 2.24) is 5.32 Å². The summed E-state index contributed by atoms with van der Waals surface area (Å²) in [6.07, 6.45) is 0. The number of rotatable bonds is 5. The first-order chi connectivity index (χ1) is 10.0. The Bertz CT molecular complexity index is 593. The zero-order valence-corrected chi connectivity index (χ0v) is 13.9. The van der Waals surface area contributed by atoms with Crippen LogP contribution in [0, 0.1) is 5.82 Å². The van der Waals surface area contributed by atoms with Crippen LogP contribution >= 0.6 is 11.8 Å². The highest BCUT2D eigenvalue weighted by Gasteiger charge is 2.34. The number of halogens is 1. The van der Waals surface area contributed by atoms with Crippen LogP contribution in [0.2, 0.25) is 0 Å². The Morgan fingerprint density at radius 3 is 2.90 bits per heavy atom. The molecule has 118 valence electrons. The Morgan fingerprint density at radius 1 is 1.48 bits per heavy atom. The maximum Gasteiger partial charge on any atom is 0.171 e. The number of anilines is 1.